The number of amides is 2. The van der Waals surface area contributed by atoms with Gasteiger partial charge in [-0.3, -0.25) is 14.5 Å². The zero-order chi connectivity index (χ0) is 16.2. The molecule has 0 saturated carbocycles. The molecule has 1 aliphatic heterocycles. The van der Waals surface area contributed by atoms with E-state index in [4.69, 9.17) is 5.73 Å². The van der Waals surface area contributed by atoms with Crippen molar-refractivity contribution in [2.24, 2.45) is 5.73 Å². The molecule has 126 valence electrons. The van der Waals surface area contributed by atoms with Gasteiger partial charge in [-0.05, 0) is 37.3 Å². The fourth-order valence-corrected chi connectivity index (χ4v) is 4.66. The zero-order valence-electron chi connectivity index (χ0n) is 13.6. The third-order valence-corrected chi connectivity index (χ3v) is 5.97. The molecule has 0 bridgehead atoms. The van der Waals surface area contributed by atoms with Crippen LogP contribution in [0.15, 0.2) is 6.07 Å². The average molecular weight is 335 g/mol. The Balaban J connectivity index is 1.62. The van der Waals surface area contributed by atoms with E-state index in [0.717, 1.165) is 30.8 Å². The standard InChI is InChI=1S/C17H25N3O2S/c18-16(21)12-19-7-9-20(10-8-19)17(22)15-11-13-5-3-1-2-4-6-14(13)23-15/h11H,1-10,12H2,(H2,18,21). The van der Waals surface area contributed by atoms with Crippen LogP contribution in [0.1, 0.15) is 45.8 Å². The number of nitrogens with two attached hydrogens (primary N) is 1. The molecule has 2 heterocycles. The topological polar surface area (TPSA) is 66.6 Å². The third kappa shape index (κ3) is 4.12. The van der Waals surface area contributed by atoms with Crippen molar-refractivity contribution in [3.8, 4) is 0 Å². The van der Waals surface area contributed by atoms with Crippen LogP contribution in [0, 0.1) is 0 Å². The van der Waals surface area contributed by atoms with E-state index in [9.17, 15) is 9.59 Å². The lowest BCUT2D eigenvalue weighted by atomic mass is 10.00. The highest BCUT2D eigenvalue weighted by molar-refractivity contribution is 7.14. The Labute approximate surface area is 141 Å². The largest absolute Gasteiger partial charge is 0.369 e. The number of aryl methyl sites for hydroxylation is 2. The van der Waals surface area contributed by atoms with E-state index in [0.29, 0.717) is 13.1 Å². The summed E-state index contributed by atoms with van der Waals surface area (Å²) in [6.45, 7) is 3.08. The van der Waals surface area contributed by atoms with Crippen molar-refractivity contribution < 1.29 is 9.59 Å². The molecule has 2 aliphatic rings. The summed E-state index contributed by atoms with van der Waals surface area (Å²) in [6, 6.07) is 2.13. The maximum atomic E-state index is 12.7. The number of carbonyl (C=O) groups excluding carboxylic acids is 2. The van der Waals surface area contributed by atoms with Gasteiger partial charge in [0.25, 0.3) is 5.91 Å². The van der Waals surface area contributed by atoms with E-state index >= 15 is 0 Å². The summed E-state index contributed by atoms with van der Waals surface area (Å²) in [5.41, 5.74) is 6.62. The second-order valence-electron chi connectivity index (χ2n) is 6.51. The molecule has 23 heavy (non-hydrogen) atoms. The van der Waals surface area contributed by atoms with Crippen LogP contribution in [0.5, 0.6) is 0 Å². The van der Waals surface area contributed by atoms with Crippen LogP contribution in [0.4, 0.5) is 0 Å². The molecular formula is C17H25N3O2S. The van der Waals surface area contributed by atoms with Crippen LogP contribution in [-0.2, 0) is 17.6 Å². The van der Waals surface area contributed by atoms with Crippen LogP contribution < -0.4 is 5.73 Å². The fourth-order valence-electron chi connectivity index (χ4n) is 3.43. The molecule has 3 rings (SSSR count). The van der Waals surface area contributed by atoms with Gasteiger partial charge in [-0.25, -0.2) is 0 Å². The van der Waals surface area contributed by atoms with Gasteiger partial charge in [-0.15, -0.1) is 11.3 Å². The van der Waals surface area contributed by atoms with E-state index in [-0.39, 0.29) is 18.4 Å². The Bertz CT molecular complexity index is 551. The van der Waals surface area contributed by atoms with Gasteiger partial charge >= 0.3 is 0 Å². The van der Waals surface area contributed by atoms with Gasteiger partial charge in [-0.1, -0.05) is 12.8 Å². The number of primary amides is 1. The van der Waals surface area contributed by atoms with Gasteiger partial charge in [0.1, 0.15) is 0 Å². The quantitative estimate of drug-likeness (QED) is 0.913. The fraction of sp³-hybridized carbons (Fsp3) is 0.647. The molecule has 0 unspecified atom stereocenters. The SMILES string of the molecule is NC(=O)CN1CCN(C(=O)c2cc3c(s2)CCCCCC3)CC1. The molecule has 6 heteroatoms. The predicted octanol–water partition coefficient (Wildman–Crippen LogP) is 1.65. The first-order valence-corrected chi connectivity index (χ1v) is 9.36. The monoisotopic (exact) mass is 335 g/mol. The summed E-state index contributed by atoms with van der Waals surface area (Å²) < 4.78 is 0. The first-order valence-electron chi connectivity index (χ1n) is 8.55. The molecule has 5 nitrogen and oxygen atoms in total. The minimum Gasteiger partial charge on any atom is -0.369 e. The number of nitrogens with zero attached hydrogens (tertiary/aromatic N) is 2. The number of hydrogen-bond acceptors (Lipinski definition) is 4. The van der Waals surface area contributed by atoms with E-state index in [1.807, 2.05) is 9.80 Å². The maximum absolute atomic E-state index is 12.7. The second kappa shape index (κ2) is 7.45. The Morgan fingerprint density at radius 2 is 1.74 bits per heavy atom. The highest BCUT2D eigenvalue weighted by Gasteiger charge is 2.25. The third-order valence-electron chi connectivity index (χ3n) is 4.75. The molecule has 0 spiro atoms. The molecule has 2 amide bonds. The summed E-state index contributed by atoms with van der Waals surface area (Å²) >= 11 is 1.69. The molecule has 0 atom stereocenters. The van der Waals surface area contributed by atoms with Gasteiger partial charge < -0.3 is 10.6 Å². The first kappa shape index (κ1) is 16.5. The van der Waals surface area contributed by atoms with Crippen LogP contribution in [0.2, 0.25) is 0 Å². The van der Waals surface area contributed by atoms with Crippen LogP contribution in [0.3, 0.4) is 0 Å². The van der Waals surface area contributed by atoms with Crippen molar-refractivity contribution in [3.05, 3.63) is 21.4 Å². The minimum absolute atomic E-state index is 0.153. The Hall–Kier alpha value is -1.40. The molecule has 1 fully saturated rings. The van der Waals surface area contributed by atoms with Crippen molar-refractivity contribution in [1.82, 2.24) is 9.80 Å². The van der Waals surface area contributed by atoms with Gasteiger partial charge in [0.2, 0.25) is 5.91 Å². The highest BCUT2D eigenvalue weighted by Crippen LogP contribution is 2.29. The van der Waals surface area contributed by atoms with E-state index in [1.54, 1.807) is 11.3 Å². The van der Waals surface area contributed by atoms with Crippen molar-refractivity contribution in [2.45, 2.75) is 38.5 Å². The Kier molecular flexibility index (Phi) is 5.33. The summed E-state index contributed by atoms with van der Waals surface area (Å²) in [7, 11) is 0. The van der Waals surface area contributed by atoms with Gasteiger partial charge in [-0.2, -0.15) is 0 Å². The normalized spacial score (nSPS) is 19.7. The van der Waals surface area contributed by atoms with Gasteiger partial charge in [0.05, 0.1) is 11.4 Å². The maximum Gasteiger partial charge on any atom is 0.264 e. The predicted molar refractivity (Wildman–Crippen MR) is 91.7 cm³/mol. The van der Waals surface area contributed by atoms with E-state index in [2.05, 4.69) is 6.07 Å². The zero-order valence-corrected chi connectivity index (χ0v) is 14.4. The van der Waals surface area contributed by atoms with Crippen molar-refractivity contribution in [3.63, 3.8) is 0 Å². The second-order valence-corrected chi connectivity index (χ2v) is 7.64. The number of rotatable bonds is 3. The number of hydrogen-bond donors (Lipinski definition) is 1. The lowest BCUT2D eigenvalue weighted by molar-refractivity contribution is -0.119. The average Bonchev–Trinajstić information content (AvgIpc) is 2.89. The molecule has 1 saturated heterocycles. The number of piperazine rings is 1. The minimum atomic E-state index is -0.303. The molecule has 0 aromatic carbocycles. The number of thiophene rings is 1. The number of fused-ring (bicyclic) bond motifs is 1. The van der Waals surface area contributed by atoms with Crippen molar-refractivity contribution >= 4 is 23.2 Å². The first-order chi connectivity index (χ1) is 11.1. The number of carbonyl (C=O) groups is 2. The summed E-state index contributed by atoms with van der Waals surface area (Å²) in [5, 5.41) is 0. The molecule has 0 radical (unpaired) electrons. The molecule has 2 N–H and O–H groups in total. The van der Waals surface area contributed by atoms with Crippen LogP contribution in [0.25, 0.3) is 0 Å². The van der Waals surface area contributed by atoms with Gasteiger partial charge in [0.15, 0.2) is 0 Å². The molecular weight excluding hydrogens is 310 g/mol. The lowest BCUT2D eigenvalue weighted by Gasteiger charge is -2.33. The van der Waals surface area contributed by atoms with E-state index in [1.165, 1.54) is 36.1 Å². The Morgan fingerprint density at radius 3 is 2.43 bits per heavy atom. The Morgan fingerprint density at radius 1 is 1.04 bits per heavy atom. The lowest BCUT2D eigenvalue weighted by Crippen LogP contribution is -2.50. The van der Waals surface area contributed by atoms with Crippen LogP contribution >= 0.6 is 11.3 Å². The van der Waals surface area contributed by atoms with Gasteiger partial charge in [0, 0.05) is 31.1 Å². The molecule has 1 aromatic heterocycles. The van der Waals surface area contributed by atoms with Crippen molar-refractivity contribution in [1.29, 1.82) is 0 Å². The summed E-state index contributed by atoms with van der Waals surface area (Å²) in [5.74, 6) is -0.150. The summed E-state index contributed by atoms with van der Waals surface area (Å²) in [6.07, 6.45) is 7.34. The smallest absolute Gasteiger partial charge is 0.264 e. The van der Waals surface area contributed by atoms with Crippen LogP contribution in [-0.4, -0.2) is 54.3 Å². The van der Waals surface area contributed by atoms with Crippen molar-refractivity contribution in [2.75, 3.05) is 32.7 Å². The highest BCUT2D eigenvalue weighted by atomic mass is 32.1. The molecule has 1 aliphatic carbocycles. The molecule has 1 aromatic rings. The summed E-state index contributed by atoms with van der Waals surface area (Å²) in [4.78, 5) is 30.0. The van der Waals surface area contributed by atoms with E-state index < -0.39 is 0 Å².